The van der Waals surface area contributed by atoms with Crippen molar-refractivity contribution in [3.05, 3.63) is 0 Å². The van der Waals surface area contributed by atoms with Crippen molar-refractivity contribution in [3.8, 4) is 0 Å². The number of unbranched alkanes of at least 4 members (excludes halogenated alkanes) is 1. The van der Waals surface area contributed by atoms with Crippen molar-refractivity contribution in [2.24, 2.45) is 5.92 Å². The summed E-state index contributed by atoms with van der Waals surface area (Å²) in [6.45, 7) is 4.46. The van der Waals surface area contributed by atoms with Crippen LogP contribution in [0.1, 0.15) is 39.0 Å². The molecule has 0 heterocycles. The molecule has 0 radical (unpaired) electrons. The average molecular weight is 185 g/mol. The van der Waals surface area contributed by atoms with Crippen molar-refractivity contribution in [2.45, 2.75) is 45.1 Å². The Morgan fingerprint density at radius 3 is 2.77 bits per heavy atom. The van der Waals surface area contributed by atoms with Gasteiger partial charge in [0.2, 0.25) is 0 Å². The van der Waals surface area contributed by atoms with E-state index in [2.05, 4.69) is 12.2 Å². The quantitative estimate of drug-likeness (QED) is 0.585. The molecule has 1 unspecified atom stereocenters. The minimum Gasteiger partial charge on any atom is -0.385 e. The molecule has 1 saturated carbocycles. The highest BCUT2D eigenvalue weighted by atomic mass is 16.5. The molecule has 0 aromatic carbocycles. The van der Waals surface area contributed by atoms with Gasteiger partial charge in [-0.05, 0) is 38.1 Å². The number of rotatable bonds is 8. The Morgan fingerprint density at radius 2 is 2.15 bits per heavy atom. The molecule has 1 N–H and O–H groups in total. The SMILES string of the molecule is COCCCCC(C)CNC1CC1. The predicted molar refractivity (Wildman–Crippen MR) is 55.9 cm³/mol. The van der Waals surface area contributed by atoms with Gasteiger partial charge in [-0.25, -0.2) is 0 Å². The minimum atomic E-state index is 0.831. The van der Waals surface area contributed by atoms with Crippen LogP contribution in [0.5, 0.6) is 0 Å². The summed E-state index contributed by atoms with van der Waals surface area (Å²) in [5.74, 6) is 0.831. The minimum absolute atomic E-state index is 0.831. The normalized spacial score (nSPS) is 18.9. The van der Waals surface area contributed by atoms with Crippen molar-refractivity contribution >= 4 is 0 Å². The second kappa shape index (κ2) is 6.39. The van der Waals surface area contributed by atoms with E-state index in [1.807, 2.05) is 0 Å². The van der Waals surface area contributed by atoms with Crippen molar-refractivity contribution in [3.63, 3.8) is 0 Å². The van der Waals surface area contributed by atoms with Crippen molar-refractivity contribution in [1.29, 1.82) is 0 Å². The third-order valence-corrected chi connectivity index (χ3v) is 2.63. The van der Waals surface area contributed by atoms with Crippen LogP contribution in [0.4, 0.5) is 0 Å². The van der Waals surface area contributed by atoms with E-state index in [9.17, 15) is 0 Å². The molecule has 0 bridgehead atoms. The Kier molecular flexibility index (Phi) is 5.40. The molecular weight excluding hydrogens is 162 g/mol. The van der Waals surface area contributed by atoms with E-state index in [4.69, 9.17) is 4.74 Å². The molecule has 1 aliphatic carbocycles. The lowest BCUT2D eigenvalue weighted by Gasteiger charge is -2.11. The Balaban J connectivity index is 1.81. The fourth-order valence-corrected chi connectivity index (χ4v) is 1.50. The molecule has 1 aliphatic rings. The lowest BCUT2D eigenvalue weighted by Crippen LogP contribution is -2.23. The number of hydrogen-bond donors (Lipinski definition) is 1. The maximum absolute atomic E-state index is 5.02. The predicted octanol–water partition coefficient (Wildman–Crippen LogP) is 2.19. The molecule has 1 atom stereocenters. The molecule has 1 rings (SSSR count). The van der Waals surface area contributed by atoms with E-state index < -0.39 is 0 Å². The Labute approximate surface area is 82.0 Å². The van der Waals surface area contributed by atoms with E-state index in [1.165, 1.54) is 38.6 Å². The van der Waals surface area contributed by atoms with Crippen LogP contribution in [0.3, 0.4) is 0 Å². The van der Waals surface area contributed by atoms with Crippen LogP contribution in [0.15, 0.2) is 0 Å². The van der Waals surface area contributed by atoms with E-state index in [0.717, 1.165) is 18.6 Å². The van der Waals surface area contributed by atoms with Crippen LogP contribution in [0.25, 0.3) is 0 Å². The first-order chi connectivity index (χ1) is 6.33. The summed E-state index contributed by atoms with van der Waals surface area (Å²) in [4.78, 5) is 0. The van der Waals surface area contributed by atoms with E-state index in [1.54, 1.807) is 7.11 Å². The number of ether oxygens (including phenoxy) is 1. The largest absolute Gasteiger partial charge is 0.385 e. The summed E-state index contributed by atoms with van der Waals surface area (Å²) in [5, 5.41) is 3.57. The molecule has 2 heteroatoms. The first-order valence-electron chi connectivity index (χ1n) is 5.55. The molecular formula is C11H23NO. The Hall–Kier alpha value is -0.0800. The summed E-state index contributed by atoms with van der Waals surface area (Å²) < 4.78 is 5.02. The smallest absolute Gasteiger partial charge is 0.0462 e. The zero-order valence-electron chi connectivity index (χ0n) is 9.01. The molecule has 2 nitrogen and oxygen atoms in total. The number of hydrogen-bond acceptors (Lipinski definition) is 2. The summed E-state index contributed by atoms with van der Waals surface area (Å²) >= 11 is 0. The molecule has 0 aromatic rings. The summed E-state index contributed by atoms with van der Waals surface area (Å²) in [6.07, 6.45) is 6.65. The molecule has 78 valence electrons. The maximum atomic E-state index is 5.02. The lowest BCUT2D eigenvalue weighted by molar-refractivity contribution is 0.190. The second-order valence-electron chi connectivity index (χ2n) is 4.28. The summed E-state index contributed by atoms with van der Waals surface area (Å²) in [5.41, 5.74) is 0. The zero-order valence-corrected chi connectivity index (χ0v) is 9.01. The van der Waals surface area contributed by atoms with E-state index in [-0.39, 0.29) is 0 Å². The van der Waals surface area contributed by atoms with E-state index in [0.29, 0.717) is 0 Å². The highest BCUT2D eigenvalue weighted by molar-refractivity contribution is 4.81. The first-order valence-corrected chi connectivity index (χ1v) is 5.55. The maximum Gasteiger partial charge on any atom is 0.0462 e. The first kappa shape index (κ1) is 11.0. The molecule has 0 saturated heterocycles. The zero-order chi connectivity index (χ0) is 9.52. The topological polar surface area (TPSA) is 21.3 Å². The van der Waals surface area contributed by atoms with Crippen LogP contribution >= 0.6 is 0 Å². The van der Waals surface area contributed by atoms with Gasteiger partial charge in [-0.3, -0.25) is 0 Å². The van der Waals surface area contributed by atoms with Gasteiger partial charge in [-0.15, -0.1) is 0 Å². The fourth-order valence-electron chi connectivity index (χ4n) is 1.50. The lowest BCUT2D eigenvalue weighted by atomic mass is 10.0. The van der Waals surface area contributed by atoms with Crippen molar-refractivity contribution in [2.75, 3.05) is 20.3 Å². The second-order valence-corrected chi connectivity index (χ2v) is 4.28. The van der Waals surface area contributed by atoms with Crippen LogP contribution < -0.4 is 5.32 Å². The Morgan fingerprint density at radius 1 is 1.38 bits per heavy atom. The van der Waals surface area contributed by atoms with Crippen molar-refractivity contribution < 1.29 is 4.74 Å². The molecule has 13 heavy (non-hydrogen) atoms. The van der Waals surface area contributed by atoms with Gasteiger partial charge in [0, 0.05) is 19.8 Å². The molecule has 1 fully saturated rings. The van der Waals surface area contributed by atoms with Gasteiger partial charge in [0.25, 0.3) is 0 Å². The van der Waals surface area contributed by atoms with Gasteiger partial charge in [0.15, 0.2) is 0 Å². The van der Waals surface area contributed by atoms with Crippen molar-refractivity contribution in [1.82, 2.24) is 5.32 Å². The standard InChI is InChI=1S/C11H23NO/c1-10(5-3-4-8-13-2)9-12-11-6-7-11/h10-12H,3-9H2,1-2H3. The highest BCUT2D eigenvalue weighted by Crippen LogP contribution is 2.19. The van der Waals surface area contributed by atoms with Crippen LogP contribution in [0.2, 0.25) is 0 Å². The molecule has 0 amide bonds. The van der Waals surface area contributed by atoms with Crippen LogP contribution in [-0.2, 0) is 4.74 Å². The summed E-state index contributed by atoms with van der Waals surface area (Å²) in [6, 6.07) is 0.862. The van der Waals surface area contributed by atoms with Gasteiger partial charge in [0.1, 0.15) is 0 Å². The number of methoxy groups -OCH3 is 1. The van der Waals surface area contributed by atoms with Crippen LogP contribution in [-0.4, -0.2) is 26.3 Å². The number of nitrogens with one attached hydrogen (secondary N) is 1. The fraction of sp³-hybridized carbons (Fsp3) is 1.00. The average Bonchev–Trinajstić information content (AvgIpc) is 2.92. The highest BCUT2D eigenvalue weighted by Gasteiger charge is 2.20. The molecule has 0 aromatic heterocycles. The van der Waals surface area contributed by atoms with Gasteiger partial charge in [-0.1, -0.05) is 13.3 Å². The third kappa shape index (κ3) is 6.05. The van der Waals surface area contributed by atoms with Gasteiger partial charge >= 0.3 is 0 Å². The molecule has 0 spiro atoms. The molecule has 0 aliphatic heterocycles. The van der Waals surface area contributed by atoms with Gasteiger partial charge < -0.3 is 10.1 Å². The third-order valence-electron chi connectivity index (χ3n) is 2.63. The van der Waals surface area contributed by atoms with E-state index >= 15 is 0 Å². The van der Waals surface area contributed by atoms with Gasteiger partial charge in [0.05, 0.1) is 0 Å². The summed E-state index contributed by atoms with van der Waals surface area (Å²) in [7, 11) is 1.78. The van der Waals surface area contributed by atoms with Gasteiger partial charge in [-0.2, -0.15) is 0 Å². The van der Waals surface area contributed by atoms with Crippen LogP contribution in [0, 0.1) is 5.92 Å². The monoisotopic (exact) mass is 185 g/mol. The Bertz CT molecular complexity index is 123.